The lowest BCUT2D eigenvalue weighted by atomic mass is 10.1. The van der Waals surface area contributed by atoms with Gasteiger partial charge in [-0.25, -0.2) is 0 Å². The Balaban J connectivity index is 2.27. The smallest absolute Gasteiger partial charge is 0.259 e. The first-order chi connectivity index (χ1) is 9.99. The highest BCUT2D eigenvalue weighted by molar-refractivity contribution is 5.96. The van der Waals surface area contributed by atoms with E-state index in [1.54, 1.807) is 25.1 Å². The van der Waals surface area contributed by atoms with Crippen molar-refractivity contribution in [1.29, 1.82) is 0 Å². The molecule has 0 bridgehead atoms. The second-order valence-electron chi connectivity index (χ2n) is 4.62. The quantitative estimate of drug-likeness (QED) is 0.785. The highest BCUT2D eigenvalue weighted by Crippen LogP contribution is 2.16. The lowest BCUT2D eigenvalue weighted by Gasteiger charge is -2.21. The molecule has 7 heteroatoms. The van der Waals surface area contributed by atoms with Crippen molar-refractivity contribution in [3.05, 3.63) is 47.3 Å². The number of para-hydroxylation sites is 1. The summed E-state index contributed by atoms with van der Waals surface area (Å²) in [7, 11) is 0. The van der Waals surface area contributed by atoms with Crippen molar-refractivity contribution >= 4 is 17.5 Å². The zero-order valence-corrected chi connectivity index (χ0v) is 11.6. The van der Waals surface area contributed by atoms with Crippen LogP contribution in [0.4, 0.5) is 5.69 Å². The molecule has 21 heavy (non-hydrogen) atoms. The molecular weight excluding hydrogens is 272 g/mol. The van der Waals surface area contributed by atoms with Gasteiger partial charge in [-0.15, -0.1) is 0 Å². The number of nitrogens with zero attached hydrogens (tertiary/aromatic N) is 2. The molecule has 0 radical (unpaired) electrons. The van der Waals surface area contributed by atoms with Crippen LogP contribution in [0.5, 0.6) is 0 Å². The highest BCUT2D eigenvalue weighted by Gasteiger charge is 2.22. The molecule has 110 valence electrons. The summed E-state index contributed by atoms with van der Waals surface area (Å²) in [4.78, 5) is 25.0. The van der Waals surface area contributed by atoms with Crippen LogP contribution < -0.4 is 11.5 Å². The molecule has 0 spiro atoms. The molecule has 4 N–H and O–H groups in total. The van der Waals surface area contributed by atoms with Crippen molar-refractivity contribution in [3.8, 4) is 0 Å². The number of anilines is 1. The van der Waals surface area contributed by atoms with E-state index in [0.29, 0.717) is 17.0 Å². The number of aryl methyl sites for hydroxylation is 1. The fourth-order valence-electron chi connectivity index (χ4n) is 1.95. The van der Waals surface area contributed by atoms with Gasteiger partial charge in [0.05, 0.1) is 12.7 Å². The van der Waals surface area contributed by atoms with Crippen LogP contribution >= 0.6 is 0 Å². The standard InChI is InChI=1S/C14H16N4O3/c1-9-11(6-17-21-9)14(20)18(8-13(16)19)7-10-4-2-3-5-12(10)15/h2-6H,7-8,15H2,1H3,(H2,16,19). The molecule has 0 saturated heterocycles. The maximum Gasteiger partial charge on any atom is 0.259 e. The van der Waals surface area contributed by atoms with Gasteiger partial charge in [-0.05, 0) is 18.6 Å². The van der Waals surface area contributed by atoms with E-state index in [9.17, 15) is 9.59 Å². The Morgan fingerprint density at radius 2 is 2.05 bits per heavy atom. The Morgan fingerprint density at radius 1 is 1.33 bits per heavy atom. The molecule has 0 aliphatic carbocycles. The minimum atomic E-state index is -0.605. The van der Waals surface area contributed by atoms with Crippen LogP contribution in [0.15, 0.2) is 35.0 Å². The zero-order valence-electron chi connectivity index (χ0n) is 11.6. The minimum Gasteiger partial charge on any atom is -0.398 e. The lowest BCUT2D eigenvalue weighted by Crippen LogP contribution is -2.38. The predicted octanol–water partition coefficient (Wildman–Crippen LogP) is 0.693. The van der Waals surface area contributed by atoms with Crippen LogP contribution in [0.1, 0.15) is 21.7 Å². The number of amides is 2. The second-order valence-corrected chi connectivity index (χ2v) is 4.62. The molecule has 0 unspecified atom stereocenters. The number of benzene rings is 1. The van der Waals surface area contributed by atoms with Gasteiger partial charge in [-0.3, -0.25) is 9.59 Å². The van der Waals surface area contributed by atoms with Crippen molar-refractivity contribution < 1.29 is 14.1 Å². The first-order valence-corrected chi connectivity index (χ1v) is 6.31. The van der Waals surface area contributed by atoms with Gasteiger partial charge >= 0.3 is 0 Å². The lowest BCUT2D eigenvalue weighted by molar-refractivity contribution is -0.118. The number of primary amides is 1. The van der Waals surface area contributed by atoms with Crippen molar-refractivity contribution in [3.63, 3.8) is 0 Å². The van der Waals surface area contributed by atoms with Crippen LogP contribution in [-0.4, -0.2) is 28.4 Å². The van der Waals surface area contributed by atoms with Gasteiger partial charge in [0.2, 0.25) is 5.91 Å². The average molecular weight is 288 g/mol. The monoisotopic (exact) mass is 288 g/mol. The molecule has 1 aromatic heterocycles. The summed E-state index contributed by atoms with van der Waals surface area (Å²) in [5, 5.41) is 3.57. The number of rotatable bonds is 5. The normalized spacial score (nSPS) is 10.3. The van der Waals surface area contributed by atoms with Crippen LogP contribution in [0, 0.1) is 6.92 Å². The maximum atomic E-state index is 12.5. The van der Waals surface area contributed by atoms with Crippen molar-refractivity contribution in [2.75, 3.05) is 12.3 Å². The van der Waals surface area contributed by atoms with Gasteiger partial charge in [0.25, 0.3) is 5.91 Å². The SMILES string of the molecule is Cc1oncc1C(=O)N(CC(N)=O)Cc1ccccc1N. The summed E-state index contributed by atoms with van der Waals surface area (Å²) in [6.07, 6.45) is 1.32. The van der Waals surface area contributed by atoms with Gasteiger partial charge < -0.3 is 20.9 Å². The number of carbonyl (C=O) groups is 2. The summed E-state index contributed by atoms with van der Waals surface area (Å²) in [5.41, 5.74) is 12.7. The summed E-state index contributed by atoms with van der Waals surface area (Å²) in [6.45, 7) is 1.59. The van der Waals surface area contributed by atoms with Crippen LogP contribution in [0.3, 0.4) is 0 Å². The Morgan fingerprint density at radius 3 is 2.62 bits per heavy atom. The Hall–Kier alpha value is -2.83. The van der Waals surface area contributed by atoms with E-state index >= 15 is 0 Å². The second kappa shape index (κ2) is 6.08. The summed E-state index contributed by atoms with van der Waals surface area (Å²) >= 11 is 0. The third-order valence-corrected chi connectivity index (χ3v) is 3.03. The fourth-order valence-corrected chi connectivity index (χ4v) is 1.95. The number of hydrogen-bond acceptors (Lipinski definition) is 5. The van der Waals surface area contributed by atoms with Crippen LogP contribution in [-0.2, 0) is 11.3 Å². The number of nitrogens with two attached hydrogens (primary N) is 2. The molecular formula is C14H16N4O3. The van der Waals surface area contributed by atoms with Gasteiger partial charge in [0.15, 0.2) is 0 Å². The van der Waals surface area contributed by atoms with Crippen LogP contribution in [0.2, 0.25) is 0 Å². The molecule has 0 fully saturated rings. The molecule has 0 saturated carbocycles. The van der Waals surface area contributed by atoms with Crippen molar-refractivity contribution in [2.45, 2.75) is 13.5 Å². The molecule has 7 nitrogen and oxygen atoms in total. The Kier molecular flexibility index (Phi) is 4.22. The molecule has 1 heterocycles. The summed E-state index contributed by atoms with van der Waals surface area (Å²) in [6, 6.07) is 7.12. The van der Waals surface area contributed by atoms with E-state index in [0.717, 1.165) is 5.56 Å². The maximum absolute atomic E-state index is 12.5. The predicted molar refractivity (Wildman–Crippen MR) is 76.0 cm³/mol. The van der Waals surface area contributed by atoms with E-state index < -0.39 is 5.91 Å². The molecule has 1 aromatic carbocycles. The molecule has 0 aliphatic rings. The Bertz CT molecular complexity index is 666. The first kappa shape index (κ1) is 14.6. The zero-order chi connectivity index (χ0) is 15.4. The first-order valence-electron chi connectivity index (χ1n) is 6.31. The largest absolute Gasteiger partial charge is 0.398 e. The molecule has 0 atom stereocenters. The Labute approximate surface area is 121 Å². The molecule has 0 aliphatic heterocycles. The van der Waals surface area contributed by atoms with Crippen LogP contribution in [0.25, 0.3) is 0 Å². The van der Waals surface area contributed by atoms with E-state index in [2.05, 4.69) is 5.16 Å². The number of carbonyl (C=O) groups excluding carboxylic acids is 2. The van der Waals surface area contributed by atoms with Crippen molar-refractivity contribution in [2.24, 2.45) is 5.73 Å². The fraction of sp³-hybridized carbons (Fsp3) is 0.214. The third kappa shape index (κ3) is 3.38. The van der Waals surface area contributed by atoms with E-state index in [-0.39, 0.29) is 19.0 Å². The number of aromatic nitrogens is 1. The minimum absolute atomic E-state index is 0.180. The van der Waals surface area contributed by atoms with Gasteiger partial charge in [-0.2, -0.15) is 0 Å². The summed E-state index contributed by atoms with van der Waals surface area (Å²) in [5.74, 6) is -0.599. The van der Waals surface area contributed by atoms with E-state index in [1.807, 2.05) is 6.07 Å². The summed E-state index contributed by atoms with van der Waals surface area (Å²) < 4.78 is 4.88. The topological polar surface area (TPSA) is 115 Å². The molecule has 2 amide bonds. The van der Waals surface area contributed by atoms with E-state index in [4.69, 9.17) is 16.0 Å². The third-order valence-electron chi connectivity index (χ3n) is 3.03. The molecule has 2 aromatic rings. The van der Waals surface area contributed by atoms with Crippen molar-refractivity contribution in [1.82, 2.24) is 10.1 Å². The number of hydrogen-bond donors (Lipinski definition) is 2. The molecule has 2 rings (SSSR count). The van der Waals surface area contributed by atoms with Gasteiger partial charge in [0, 0.05) is 12.2 Å². The van der Waals surface area contributed by atoms with E-state index in [1.165, 1.54) is 11.1 Å². The average Bonchev–Trinajstić information content (AvgIpc) is 2.85. The van der Waals surface area contributed by atoms with Gasteiger partial charge in [-0.1, -0.05) is 23.4 Å². The number of nitrogen functional groups attached to an aromatic ring is 1. The van der Waals surface area contributed by atoms with Gasteiger partial charge in [0.1, 0.15) is 11.3 Å². The highest BCUT2D eigenvalue weighted by atomic mass is 16.5.